The Morgan fingerprint density at radius 2 is 2.05 bits per heavy atom. The van der Waals surface area contributed by atoms with Gasteiger partial charge in [-0.3, -0.25) is 4.98 Å². The number of aromatic nitrogens is 4. The van der Waals surface area contributed by atoms with Crippen molar-refractivity contribution in [1.82, 2.24) is 24.6 Å². The van der Waals surface area contributed by atoms with Crippen LogP contribution in [0.5, 0.6) is 0 Å². The minimum atomic E-state index is 0.686. The highest BCUT2D eigenvalue weighted by Gasteiger charge is 2.21. The molecule has 1 atom stereocenters. The Balaban J connectivity index is 1.52. The Labute approximate surface area is 132 Å². The largest absolute Gasteiger partial charge is 0.303 e. The van der Waals surface area contributed by atoms with Crippen LogP contribution in [0.1, 0.15) is 30.1 Å². The van der Waals surface area contributed by atoms with Crippen molar-refractivity contribution < 1.29 is 0 Å². The summed E-state index contributed by atoms with van der Waals surface area (Å²) < 4.78 is 2.08. The van der Waals surface area contributed by atoms with E-state index < -0.39 is 0 Å². The summed E-state index contributed by atoms with van der Waals surface area (Å²) in [4.78, 5) is 11.1. The average Bonchev–Trinajstić information content (AvgIpc) is 2.84. The smallest absolute Gasteiger partial charge is 0.147 e. The summed E-state index contributed by atoms with van der Waals surface area (Å²) in [6, 6.07) is 4.23. The van der Waals surface area contributed by atoms with Crippen LogP contribution in [-0.2, 0) is 13.0 Å². The Kier molecular flexibility index (Phi) is 4.83. The van der Waals surface area contributed by atoms with E-state index in [0.29, 0.717) is 5.92 Å². The Morgan fingerprint density at radius 1 is 1.23 bits per heavy atom. The van der Waals surface area contributed by atoms with Gasteiger partial charge in [0.2, 0.25) is 0 Å². The Morgan fingerprint density at radius 3 is 2.77 bits per heavy atom. The molecule has 1 fully saturated rings. The molecule has 0 radical (unpaired) electrons. The number of nitrogens with zero attached hydrogens (tertiary/aromatic N) is 5. The first-order valence-electron chi connectivity index (χ1n) is 8.20. The van der Waals surface area contributed by atoms with Crippen LogP contribution in [-0.4, -0.2) is 44.3 Å². The van der Waals surface area contributed by atoms with Crippen molar-refractivity contribution >= 4 is 0 Å². The molecule has 3 rings (SSSR count). The monoisotopic (exact) mass is 299 g/mol. The van der Waals surface area contributed by atoms with Crippen LogP contribution in [0.3, 0.4) is 0 Å². The van der Waals surface area contributed by atoms with Crippen LogP contribution >= 0.6 is 0 Å². The van der Waals surface area contributed by atoms with Crippen LogP contribution < -0.4 is 0 Å². The number of hydrogen-bond acceptors (Lipinski definition) is 4. The lowest BCUT2D eigenvalue weighted by molar-refractivity contribution is 0.161. The van der Waals surface area contributed by atoms with E-state index in [-0.39, 0.29) is 0 Å². The third kappa shape index (κ3) is 3.91. The van der Waals surface area contributed by atoms with Crippen LogP contribution in [0.15, 0.2) is 24.5 Å². The van der Waals surface area contributed by atoms with E-state index in [2.05, 4.69) is 36.8 Å². The summed E-state index contributed by atoms with van der Waals surface area (Å²) in [7, 11) is 0. The zero-order valence-electron chi connectivity index (χ0n) is 13.6. The number of rotatable bonds is 5. The number of pyridine rings is 1. The maximum Gasteiger partial charge on any atom is 0.147 e. The van der Waals surface area contributed by atoms with Gasteiger partial charge in [0, 0.05) is 32.0 Å². The van der Waals surface area contributed by atoms with Crippen molar-refractivity contribution in [3.8, 4) is 0 Å². The van der Waals surface area contributed by atoms with Crippen molar-refractivity contribution in [1.29, 1.82) is 0 Å². The van der Waals surface area contributed by atoms with Crippen molar-refractivity contribution in [2.75, 3.05) is 19.6 Å². The van der Waals surface area contributed by atoms with Crippen molar-refractivity contribution in [2.45, 2.75) is 39.7 Å². The molecular weight excluding hydrogens is 274 g/mol. The second-order valence-electron chi connectivity index (χ2n) is 6.30. The first kappa shape index (κ1) is 15.2. The van der Waals surface area contributed by atoms with E-state index in [1.807, 2.05) is 26.2 Å². The van der Waals surface area contributed by atoms with Crippen molar-refractivity contribution in [3.05, 3.63) is 41.7 Å². The van der Waals surface area contributed by atoms with E-state index in [4.69, 9.17) is 0 Å². The standard InChI is InChI=1S/C17H25N5/c1-14-19-15(2)22(20-14)13-17-4-3-10-21(12-17)11-7-16-5-8-18-9-6-16/h5-6,8-9,17H,3-4,7,10-13H2,1-2H3/t17-/m1/s1. The molecule has 1 aliphatic heterocycles. The van der Waals surface area contributed by atoms with Gasteiger partial charge in [-0.1, -0.05) is 0 Å². The van der Waals surface area contributed by atoms with E-state index in [0.717, 1.165) is 31.2 Å². The van der Waals surface area contributed by atoms with Crippen LogP contribution in [0, 0.1) is 19.8 Å². The first-order chi connectivity index (χ1) is 10.7. The van der Waals surface area contributed by atoms with Gasteiger partial charge in [0.1, 0.15) is 11.6 Å². The lowest BCUT2D eigenvalue weighted by Crippen LogP contribution is -2.38. The fraction of sp³-hybridized carbons (Fsp3) is 0.588. The quantitative estimate of drug-likeness (QED) is 0.849. The number of hydrogen-bond donors (Lipinski definition) is 0. The van der Waals surface area contributed by atoms with Gasteiger partial charge in [0.05, 0.1) is 0 Å². The van der Waals surface area contributed by atoms with Crippen LogP contribution in [0.25, 0.3) is 0 Å². The fourth-order valence-electron chi connectivity index (χ4n) is 3.32. The lowest BCUT2D eigenvalue weighted by atomic mass is 9.97. The molecule has 0 aliphatic carbocycles. The summed E-state index contributed by atoms with van der Waals surface area (Å²) in [6.45, 7) is 8.53. The predicted molar refractivity (Wildman–Crippen MR) is 86.6 cm³/mol. The molecule has 0 bridgehead atoms. The summed E-state index contributed by atoms with van der Waals surface area (Å²) in [5.41, 5.74) is 1.37. The summed E-state index contributed by atoms with van der Waals surface area (Å²) >= 11 is 0. The van der Waals surface area contributed by atoms with Gasteiger partial charge >= 0.3 is 0 Å². The summed E-state index contributed by atoms with van der Waals surface area (Å²) in [5.74, 6) is 2.60. The minimum absolute atomic E-state index is 0.686. The molecule has 22 heavy (non-hydrogen) atoms. The zero-order chi connectivity index (χ0) is 15.4. The van der Waals surface area contributed by atoms with E-state index in [1.54, 1.807) is 0 Å². The molecule has 5 heteroatoms. The average molecular weight is 299 g/mol. The topological polar surface area (TPSA) is 46.8 Å². The number of aryl methyl sites for hydroxylation is 2. The third-order valence-corrected chi connectivity index (χ3v) is 4.46. The molecule has 0 N–H and O–H groups in total. The maximum atomic E-state index is 4.50. The Hall–Kier alpha value is -1.75. The third-order valence-electron chi connectivity index (χ3n) is 4.46. The molecular formula is C17H25N5. The zero-order valence-corrected chi connectivity index (χ0v) is 13.6. The SMILES string of the molecule is Cc1nc(C)n(C[C@@H]2CCCN(CCc3ccncc3)C2)n1. The van der Waals surface area contributed by atoms with Crippen LogP contribution in [0.4, 0.5) is 0 Å². The first-order valence-corrected chi connectivity index (χ1v) is 8.20. The molecule has 0 spiro atoms. The van der Waals surface area contributed by atoms with Gasteiger partial charge in [-0.25, -0.2) is 9.67 Å². The lowest BCUT2D eigenvalue weighted by Gasteiger charge is -2.32. The van der Waals surface area contributed by atoms with Crippen molar-refractivity contribution in [3.63, 3.8) is 0 Å². The molecule has 0 unspecified atom stereocenters. The molecule has 1 saturated heterocycles. The highest BCUT2D eigenvalue weighted by Crippen LogP contribution is 2.19. The molecule has 118 valence electrons. The predicted octanol–water partition coefficient (Wildman–Crippen LogP) is 2.24. The molecule has 3 heterocycles. The van der Waals surface area contributed by atoms with Gasteiger partial charge < -0.3 is 4.90 Å². The minimum Gasteiger partial charge on any atom is -0.303 e. The normalized spacial score (nSPS) is 19.5. The molecule has 0 saturated carbocycles. The summed E-state index contributed by atoms with van der Waals surface area (Å²) in [5, 5.41) is 4.50. The Bertz CT molecular complexity index is 592. The van der Waals surface area contributed by atoms with Gasteiger partial charge in [0.25, 0.3) is 0 Å². The molecule has 1 aliphatic rings. The van der Waals surface area contributed by atoms with E-state index in [1.165, 1.54) is 31.5 Å². The highest BCUT2D eigenvalue weighted by molar-refractivity contribution is 5.09. The number of likely N-dealkylation sites (tertiary alicyclic amines) is 1. The second kappa shape index (κ2) is 7.01. The van der Waals surface area contributed by atoms with Crippen LogP contribution in [0.2, 0.25) is 0 Å². The van der Waals surface area contributed by atoms with Gasteiger partial charge in [0.15, 0.2) is 0 Å². The molecule has 2 aromatic rings. The van der Waals surface area contributed by atoms with E-state index >= 15 is 0 Å². The second-order valence-corrected chi connectivity index (χ2v) is 6.30. The number of piperidine rings is 1. The molecule has 5 nitrogen and oxygen atoms in total. The van der Waals surface area contributed by atoms with E-state index in [9.17, 15) is 0 Å². The summed E-state index contributed by atoms with van der Waals surface area (Å²) in [6.07, 6.45) is 7.45. The molecule has 2 aromatic heterocycles. The van der Waals surface area contributed by atoms with Gasteiger partial charge in [-0.05, 0) is 63.3 Å². The highest BCUT2D eigenvalue weighted by atomic mass is 15.3. The van der Waals surface area contributed by atoms with Gasteiger partial charge in [-0.2, -0.15) is 5.10 Å². The van der Waals surface area contributed by atoms with Gasteiger partial charge in [-0.15, -0.1) is 0 Å². The maximum absolute atomic E-state index is 4.50. The fourth-order valence-corrected chi connectivity index (χ4v) is 3.32. The molecule has 0 aromatic carbocycles. The van der Waals surface area contributed by atoms with Crippen molar-refractivity contribution in [2.24, 2.45) is 5.92 Å². The molecule has 0 amide bonds.